The fourth-order valence-electron chi connectivity index (χ4n) is 5.92. The van der Waals surface area contributed by atoms with Crippen LogP contribution in [0.1, 0.15) is 76.1 Å². The first kappa shape index (κ1) is 31.0. The summed E-state index contributed by atoms with van der Waals surface area (Å²) in [5.41, 5.74) is 1.59. The molecular weight excluding hydrogens is 532 g/mol. The number of hydrogen-bond acceptors (Lipinski definition) is 6. The van der Waals surface area contributed by atoms with Crippen LogP contribution in [0.3, 0.4) is 0 Å². The predicted octanol–water partition coefficient (Wildman–Crippen LogP) is 5.83. The number of carboxylic acid groups (broad SMARTS) is 1. The number of rotatable bonds is 14. The number of carbonyl (C=O) groups excluding carboxylic acids is 1. The van der Waals surface area contributed by atoms with E-state index in [0.29, 0.717) is 18.7 Å². The number of hydrogen-bond donors (Lipinski definition) is 4. The minimum absolute atomic E-state index is 0.251. The summed E-state index contributed by atoms with van der Waals surface area (Å²) in [5, 5.41) is 35.6. The van der Waals surface area contributed by atoms with Crippen molar-refractivity contribution < 1.29 is 24.5 Å². The van der Waals surface area contributed by atoms with Gasteiger partial charge in [0.2, 0.25) is 5.88 Å². The lowest BCUT2D eigenvalue weighted by Crippen LogP contribution is -2.64. The van der Waals surface area contributed by atoms with E-state index >= 15 is 0 Å². The second-order valence-electron chi connectivity index (χ2n) is 11.6. The third-order valence-corrected chi connectivity index (χ3v) is 8.35. The van der Waals surface area contributed by atoms with E-state index in [1.165, 1.54) is 0 Å². The van der Waals surface area contributed by atoms with Crippen LogP contribution in [0.2, 0.25) is 0 Å². The molecule has 3 aromatic rings. The first-order valence-electron chi connectivity index (χ1n) is 14.7. The van der Waals surface area contributed by atoms with Gasteiger partial charge >= 0.3 is 6.09 Å². The number of benzene rings is 2. The fraction of sp³-hybridized carbons (Fsp3) is 0.455. The van der Waals surface area contributed by atoms with E-state index in [0.717, 1.165) is 48.1 Å². The topological polar surface area (TPSA) is 134 Å². The summed E-state index contributed by atoms with van der Waals surface area (Å²) >= 11 is 0. The SMILES string of the molecule is CCCCC(CC1(COc2nnc(C)cc2-c2ccccc2)CCC1)(NC(=O)O)C(O)C(=O)N[C@H](C)c1ccccc1. The Morgan fingerprint density at radius 1 is 1.07 bits per heavy atom. The van der Waals surface area contributed by atoms with Crippen molar-refractivity contribution in [2.24, 2.45) is 5.41 Å². The summed E-state index contributed by atoms with van der Waals surface area (Å²) in [4.78, 5) is 25.6. The molecule has 3 atom stereocenters. The van der Waals surface area contributed by atoms with Gasteiger partial charge in [-0.3, -0.25) is 4.79 Å². The molecule has 1 saturated carbocycles. The van der Waals surface area contributed by atoms with E-state index in [-0.39, 0.29) is 19.1 Å². The smallest absolute Gasteiger partial charge is 0.405 e. The molecule has 224 valence electrons. The molecule has 1 aliphatic carbocycles. The molecule has 1 fully saturated rings. The van der Waals surface area contributed by atoms with Gasteiger partial charge in [-0.25, -0.2) is 4.79 Å². The van der Waals surface area contributed by atoms with Crippen molar-refractivity contribution in [3.8, 4) is 17.0 Å². The van der Waals surface area contributed by atoms with Crippen LogP contribution in [-0.2, 0) is 4.79 Å². The number of unbranched alkanes of at least 4 members (excludes halogenated alkanes) is 1. The van der Waals surface area contributed by atoms with Crippen molar-refractivity contribution in [3.05, 3.63) is 78.0 Å². The summed E-state index contributed by atoms with van der Waals surface area (Å²) < 4.78 is 6.34. The van der Waals surface area contributed by atoms with E-state index in [1.807, 2.05) is 87.5 Å². The third kappa shape index (κ3) is 7.45. The van der Waals surface area contributed by atoms with Crippen molar-refractivity contribution in [2.75, 3.05) is 6.61 Å². The number of aliphatic hydroxyl groups is 1. The first-order chi connectivity index (χ1) is 20.2. The van der Waals surface area contributed by atoms with Crippen LogP contribution >= 0.6 is 0 Å². The highest BCUT2D eigenvalue weighted by molar-refractivity contribution is 5.83. The zero-order chi connectivity index (χ0) is 30.2. The number of aromatic nitrogens is 2. The van der Waals surface area contributed by atoms with Gasteiger partial charge in [0.25, 0.3) is 5.91 Å². The second kappa shape index (κ2) is 13.8. The lowest BCUT2D eigenvalue weighted by molar-refractivity contribution is -0.137. The lowest BCUT2D eigenvalue weighted by Gasteiger charge is -2.49. The molecule has 0 saturated heterocycles. The molecule has 0 aliphatic heterocycles. The highest BCUT2D eigenvalue weighted by Crippen LogP contribution is 2.49. The van der Waals surface area contributed by atoms with Crippen molar-refractivity contribution in [1.82, 2.24) is 20.8 Å². The largest absolute Gasteiger partial charge is 0.476 e. The van der Waals surface area contributed by atoms with Crippen LogP contribution in [0.15, 0.2) is 66.7 Å². The maximum absolute atomic E-state index is 13.5. The molecule has 4 rings (SSSR count). The zero-order valence-corrected chi connectivity index (χ0v) is 24.7. The average Bonchev–Trinajstić information content (AvgIpc) is 2.97. The highest BCUT2D eigenvalue weighted by Gasteiger charge is 2.51. The Morgan fingerprint density at radius 3 is 2.33 bits per heavy atom. The molecule has 2 aromatic carbocycles. The van der Waals surface area contributed by atoms with E-state index in [2.05, 4.69) is 20.8 Å². The summed E-state index contributed by atoms with van der Waals surface area (Å²) in [6.45, 7) is 5.97. The molecule has 2 unspecified atom stereocenters. The van der Waals surface area contributed by atoms with Crippen LogP contribution in [0, 0.1) is 12.3 Å². The molecule has 1 aliphatic rings. The zero-order valence-electron chi connectivity index (χ0n) is 24.7. The molecule has 9 heteroatoms. The molecule has 0 spiro atoms. The number of nitrogens with one attached hydrogen (secondary N) is 2. The molecule has 9 nitrogen and oxygen atoms in total. The Hall–Kier alpha value is -3.98. The number of ether oxygens (including phenoxy) is 1. The van der Waals surface area contributed by atoms with Crippen LogP contribution in [0.5, 0.6) is 5.88 Å². The van der Waals surface area contributed by atoms with E-state index in [4.69, 9.17) is 4.74 Å². The number of aliphatic hydroxyl groups excluding tert-OH is 1. The van der Waals surface area contributed by atoms with E-state index < -0.39 is 29.1 Å². The van der Waals surface area contributed by atoms with Crippen molar-refractivity contribution in [3.63, 3.8) is 0 Å². The molecule has 2 amide bonds. The Kier molecular flexibility index (Phi) is 10.2. The number of nitrogens with zero attached hydrogens (tertiary/aromatic N) is 2. The average molecular weight is 575 g/mol. The second-order valence-corrected chi connectivity index (χ2v) is 11.6. The molecule has 1 aromatic heterocycles. The molecule has 1 heterocycles. The van der Waals surface area contributed by atoms with Gasteiger partial charge in [-0.2, -0.15) is 5.10 Å². The predicted molar refractivity (Wildman–Crippen MR) is 161 cm³/mol. The van der Waals surface area contributed by atoms with Gasteiger partial charge in [0, 0.05) is 11.0 Å². The van der Waals surface area contributed by atoms with Gasteiger partial charge in [0.05, 0.1) is 23.9 Å². The van der Waals surface area contributed by atoms with Crippen LogP contribution < -0.4 is 15.4 Å². The Labute approximate surface area is 247 Å². The van der Waals surface area contributed by atoms with Gasteiger partial charge in [-0.05, 0) is 56.7 Å². The van der Waals surface area contributed by atoms with Gasteiger partial charge in [-0.1, -0.05) is 86.8 Å². The summed E-state index contributed by atoms with van der Waals surface area (Å²) in [6.07, 6.45) is 1.60. The Bertz CT molecular complexity index is 1330. The maximum Gasteiger partial charge on any atom is 0.405 e. The Morgan fingerprint density at radius 2 is 1.74 bits per heavy atom. The normalized spacial score (nSPS) is 16.8. The van der Waals surface area contributed by atoms with Gasteiger partial charge < -0.3 is 25.6 Å². The molecule has 42 heavy (non-hydrogen) atoms. The van der Waals surface area contributed by atoms with Gasteiger partial charge in [-0.15, -0.1) is 5.10 Å². The first-order valence-corrected chi connectivity index (χ1v) is 14.7. The summed E-state index contributed by atoms with van der Waals surface area (Å²) in [5.74, 6) is -0.208. The minimum Gasteiger partial charge on any atom is -0.476 e. The quantitative estimate of drug-likeness (QED) is 0.190. The van der Waals surface area contributed by atoms with Crippen LogP contribution in [-0.4, -0.2) is 50.7 Å². The molecule has 4 N–H and O–H groups in total. The molecule has 0 bridgehead atoms. The highest BCUT2D eigenvalue weighted by atomic mass is 16.5. The maximum atomic E-state index is 13.5. The fourth-order valence-corrected chi connectivity index (χ4v) is 5.92. The number of aryl methyl sites for hydroxylation is 1. The van der Waals surface area contributed by atoms with Crippen molar-refractivity contribution in [1.29, 1.82) is 0 Å². The van der Waals surface area contributed by atoms with Gasteiger partial charge in [0.1, 0.15) is 0 Å². The number of carbonyl (C=O) groups is 2. The summed E-state index contributed by atoms with van der Waals surface area (Å²) in [6, 6.07) is 20.9. The third-order valence-electron chi connectivity index (χ3n) is 8.35. The van der Waals surface area contributed by atoms with Crippen LogP contribution in [0.25, 0.3) is 11.1 Å². The Balaban J connectivity index is 1.59. The summed E-state index contributed by atoms with van der Waals surface area (Å²) in [7, 11) is 0. The van der Waals surface area contributed by atoms with Gasteiger partial charge in [0.15, 0.2) is 6.10 Å². The van der Waals surface area contributed by atoms with Crippen LogP contribution in [0.4, 0.5) is 4.79 Å². The molecular formula is C33H42N4O5. The lowest BCUT2D eigenvalue weighted by atomic mass is 9.61. The minimum atomic E-state index is -1.59. The number of amides is 2. The van der Waals surface area contributed by atoms with E-state index in [9.17, 15) is 19.8 Å². The van der Waals surface area contributed by atoms with E-state index in [1.54, 1.807) is 0 Å². The van der Waals surface area contributed by atoms with Crippen molar-refractivity contribution in [2.45, 2.75) is 83.4 Å². The monoisotopic (exact) mass is 574 g/mol. The molecule has 0 radical (unpaired) electrons. The van der Waals surface area contributed by atoms with Crippen molar-refractivity contribution >= 4 is 12.0 Å². The standard InChI is InChI=1S/C33H42N4O5/c1-4-5-19-33(35-31(40)41,28(38)29(39)34-24(3)25-13-8-6-9-14-25)21-32(17-12-18-32)22-42-30-27(20-23(2)36-37-30)26-15-10-7-11-16-26/h6-11,13-16,20,24,28,35,38H,4-5,12,17-19,21-22H2,1-3H3,(H,34,39)(H,40,41)/t24-,28?,33?/m1/s1.